The number of aryl methyl sites for hydroxylation is 2. The Kier molecular flexibility index (Phi) is 3.55. The first-order valence-electron chi connectivity index (χ1n) is 6.84. The highest BCUT2D eigenvalue weighted by atomic mass is 35.5. The zero-order valence-corrected chi connectivity index (χ0v) is 12.3. The number of H-pyrrole nitrogens is 1. The Morgan fingerprint density at radius 1 is 1.33 bits per heavy atom. The van der Waals surface area contributed by atoms with Gasteiger partial charge in [0.25, 0.3) is 11.5 Å². The number of aromatic nitrogens is 1. The smallest absolute Gasteiger partial charge is 0.260 e. The van der Waals surface area contributed by atoms with Crippen molar-refractivity contribution in [1.82, 2.24) is 10.3 Å². The largest absolute Gasteiger partial charge is 0.345 e. The normalized spacial score (nSPS) is 16.6. The van der Waals surface area contributed by atoms with E-state index in [-0.39, 0.29) is 23.1 Å². The van der Waals surface area contributed by atoms with Crippen molar-refractivity contribution in [3.05, 3.63) is 68.1 Å². The molecule has 0 bridgehead atoms. The van der Waals surface area contributed by atoms with Crippen LogP contribution in [0.5, 0.6) is 0 Å². The molecule has 2 aromatic rings. The molecule has 0 radical (unpaired) electrons. The Hall–Kier alpha value is -2.07. The molecule has 0 spiro atoms. The van der Waals surface area contributed by atoms with E-state index in [0.717, 1.165) is 29.7 Å². The lowest BCUT2D eigenvalue weighted by Gasteiger charge is -2.14. The number of pyridine rings is 1. The van der Waals surface area contributed by atoms with E-state index in [2.05, 4.69) is 10.3 Å². The van der Waals surface area contributed by atoms with Gasteiger partial charge in [-0.15, -0.1) is 0 Å². The molecule has 0 fully saturated rings. The lowest BCUT2D eigenvalue weighted by Crippen LogP contribution is -2.32. The third kappa shape index (κ3) is 2.72. The van der Waals surface area contributed by atoms with E-state index in [9.17, 15) is 9.59 Å². The molecule has 1 aromatic heterocycles. The summed E-state index contributed by atoms with van der Waals surface area (Å²) in [5, 5.41) is 3.63. The third-order valence-corrected chi connectivity index (χ3v) is 4.02. The van der Waals surface area contributed by atoms with Crippen LogP contribution < -0.4 is 10.9 Å². The fourth-order valence-electron chi connectivity index (χ4n) is 2.72. The molecule has 1 aliphatic rings. The monoisotopic (exact) mass is 302 g/mol. The highest BCUT2D eigenvalue weighted by Crippen LogP contribution is 2.32. The Bertz CT molecular complexity index is 767. The van der Waals surface area contributed by atoms with Gasteiger partial charge < -0.3 is 10.3 Å². The number of halogens is 1. The van der Waals surface area contributed by atoms with E-state index >= 15 is 0 Å². The van der Waals surface area contributed by atoms with Crippen LogP contribution in [0.25, 0.3) is 0 Å². The van der Waals surface area contributed by atoms with Crippen molar-refractivity contribution in [2.24, 2.45) is 0 Å². The fourth-order valence-corrected chi connectivity index (χ4v) is 2.92. The van der Waals surface area contributed by atoms with Crippen molar-refractivity contribution in [3.63, 3.8) is 0 Å². The van der Waals surface area contributed by atoms with Crippen molar-refractivity contribution < 1.29 is 4.79 Å². The Balaban J connectivity index is 1.82. The molecule has 4 nitrogen and oxygen atoms in total. The molecule has 0 saturated carbocycles. The SMILES string of the molecule is Cc1ccc(C(=O)N[C@@H]2CCc3cc(Cl)ccc32)c(=O)[nH]1. The second kappa shape index (κ2) is 5.37. The highest BCUT2D eigenvalue weighted by molar-refractivity contribution is 6.30. The minimum Gasteiger partial charge on any atom is -0.345 e. The number of nitrogens with one attached hydrogen (secondary N) is 2. The number of amides is 1. The predicted octanol–water partition coefficient (Wildman–Crippen LogP) is 2.75. The highest BCUT2D eigenvalue weighted by Gasteiger charge is 2.25. The summed E-state index contributed by atoms with van der Waals surface area (Å²) < 4.78 is 0. The molecule has 3 rings (SSSR count). The number of carbonyl (C=O) groups is 1. The van der Waals surface area contributed by atoms with Gasteiger partial charge >= 0.3 is 0 Å². The number of benzene rings is 1. The van der Waals surface area contributed by atoms with Gasteiger partial charge in [-0.1, -0.05) is 17.7 Å². The van der Waals surface area contributed by atoms with Crippen molar-refractivity contribution in [3.8, 4) is 0 Å². The molecule has 21 heavy (non-hydrogen) atoms. The van der Waals surface area contributed by atoms with Gasteiger partial charge in [-0.05, 0) is 55.2 Å². The Morgan fingerprint density at radius 3 is 2.90 bits per heavy atom. The maximum atomic E-state index is 12.3. The summed E-state index contributed by atoms with van der Waals surface area (Å²) in [7, 11) is 0. The molecule has 1 aromatic carbocycles. The van der Waals surface area contributed by atoms with Crippen molar-refractivity contribution in [2.45, 2.75) is 25.8 Å². The van der Waals surface area contributed by atoms with E-state index in [4.69, 9.17) is 11.6 Å². The number of hydrogen-bond acceptors (Lipinski definition) is 2. The summed E-state index contributed by atoms with van der Waals surface area (Å²) >= 11 is 5.98. The second-order valence-electron chi connectivity index (χ2n) is 5.29. The molecular weight excluding hydrogens is 288 g/mol. The van der Waals surface area contributed by atoms with Gasteiger partial charge in [-0.3, -0.25) is 9.59 Å². The quantitative estimate of drug-likeness (QED) is 0.896. The molecule has 108 valence electrons. The van der Waals surface area contributed by atoms with E-state index < -0.39 is 0 Å². The number of aromatic amines is 1. The van der Waals surface area contributed by atoms with E-state index in [1.165, 1.54) is 0 Å². The maximum absolute atomic E-state index is 12.3. The van der Waals surface area contributed by atoms with Crippen LogP contribution >= 0.6 is 11.6 Å². The summed E-state index contributed by atoms with van der Waals surface area (Å²) in [6.07, 6.45) is 1.70. The second-order valence-corrected chi connectivity index (χ2v) is 5.73. The van der Waals surface area contributed by atoms with E-state index in [0.29, 0.717) is 5.02 Å². The minimum absolute atomic E-state index is 0.0644. The zero-order valence-electron chi connectivity index (χ0n) is 11.6. The first-order chi connectivity index (χ1) is 10.0. The van der Waals surface area contributed by atoms with Crippen LogP contribution in [0.3, 0.4) is 0 Å². The lowest BCUT2D eigenvalue weighted by molar-refractivity contribution is 0.0935. The molecule has 1 atom stereocenters. The minimum atomic E-state index is -0.359. The Morgan fingerprint density at radius 2 is 2.14 bits per heavy atom. The van der Waals surface area contributed by atoms with Gasteiger partial charge in [-0.2, -0.15) is 0 Å². The van der Waals surface area contributed by atoms with Crippen LogP contribution in [0.15, 0.2) is 35.1 Å². The molecule has 1 amide bonds. The van der Waals surface area contributed by atoms with Gasteiger partial charge in [0.2, 0.25) is 0 Å². The molecular formula is C16H15ClN2O2. The Labute approximate surface area is 127 Å². The summed E-state index contributed by atoms with van der Waals surface area (Å²) in [6, 6.07) is 8.91. The lowest BCUT2D eigenvalue weighted by atomic mass is 10.1. The van der Waals surface area contributed by atoms with Gasteiger partial charge in [0.15, 0.2) is 0 Å². The van der Waals surface area contributed by atoms with Crippen molar-refractivity contribution in [1.29, 1.82) is 0 Å². The number of rotatable bonds is 2. The summed E-state index contributed by atoms with van der Waals surface area (Å²) in [5.74, 6) is -0.343. The van der Waals surface area contributed by atoms with Gasteiger partial charge in [0.1, 0.15) is 5.56 Å². The van der Waals surface area contributed by atoms with Crippen LogP contribution in [0.1, 0.15) is 39.6 Å². The maximum Gasteiger partial charge on any atom is 0.260 e. The summed E-state index contributed by atoms with van der Waals surface area (Å²) in [5.41, 5.74) is 2.75. The van der Waals surface area contributed by atoms with Crippen molar-refractivity contribution in [2.75, 3.05) is 0 Å². The first kappa shape index (κ1) is 13.9. The average molecular weight is 303 g/mol. The van der Waals surface area contributed by atoms with Gasteiger partial charge in [-0.25, -0.2) is 0 Å². The average Bonchev–Trinajstić information content (AvgIpc) is 2.80. The number of hydrogen-bond donors (Lipinski definition) is 2. The van der Waals surface area contributed by atoms with Crippen LogP contribution in [0, 0.1) is 6.92 Å². The predicted molar refractivity (Wildman–Crippen MR) is 81.8 cm³/mol. The van der Waals surface area contributed by atoms with E-state index in [1.807, 2.05) is 18.2 Å². The molecule has 0 aliphatic heterocycles. The van der Waals surface area contributed by atoms with Crippen LogP contribution in [-0.2, 0) is 6.42 Å². The van der Waals surface area contributed by atoms with E-state index in [1.54, 1.807) is 19.1 Å². The first-order valence-corrected chi connectivity index (χ1v) is 7.21. The molecule has 2 N–H and O–H groups in total. The summed E-state index contributed by atoms with van der Waals surface area (Å²) in [4.78, 5) is 26.7. The van der Waals surface area contributed by atoms with Gasteiger partial charge in [0, 0.05) is 10.7 Å². The van der Waals surface area contributed by atoms with Crippen molar-refractivity contribution >= 4 is 17.5 Å². The van der Waals surface area contributed by atoms with Crippen LogP contribution in [-0.4, -0.2) is 10.9 Å². The van der Waals surface area contributed by atoms with Gasteiger partial charge in [0.05, 0.1) is 6.04 Å². The molecule has 0 unspecified atom stereocenters. The van der Waals surface area contributed by atoms with Crippen LogP contribution in [0.4, 0.5) is 0 Å². The molecule has 1 aliphatic carbocycles. The standard InChI is InChI=1S/C16H15ClN2O2/c1-9-2-5-13(15(20)18-9)16(21)19-14-7-3-10-8-11(17)4-6-12(10)14/h2,4-6,8,14H,3,7H2,1H3,(H,18,20)(H,19,21)/t14-/m1/s1. The summed E-state index contributed by atoms with van der Waals surface area (Å²) in [6.45, 7) is 1.78. The topological polar surface area (TPSA) is 62.0 Å². The number of carbonyl (C=O) groups excluding carboxylic acids is 1. The fraction of sp³-hybridized carbons (Fsp3) is 0.250. The number of fused-ring (bicyclic) bond motifs is 1. The molecule has 1 heterocycles. The molecule has 5 heteroatoms. The zero-order chi connectivity index (χ0) is 15.0. The molecule has 0 saturated heterocycles. The third-order valence-electron chi connectivity index (χ3n) is 3.79. The van der Waals surface area contributed by atoms with Crippen LogP contribution in [0.2, 0.25) is 5.02 Å².